The second-order valence-corrected chi connectivity index (χ2v) is 7.37. The fourth-order valence-electron chi connectivity index (χ4n) is 2.92. The Balaban J connectivity index is 1.48. The second-order valence-electron chi connectivity index (χ2n) is 6.96. The number of pyridine rings is 1. The molecule has 9 nitrogen and oxygen atoms in total. The molecule has 0 spiro atoms. The van der Waals surface area contributed by atoms with Crippen molar-refractivity contribution < 1.29 is 23.5 Å². The molecule has 2 amide bonds. The molecular weight excluding hydrogens is 424 g/mol. The van der Waals surface area contributed by atoms with E-state index < -0.39 is 12.3 Å². The van der Waals surface area contributed by atoms with E-state index in [-0.39, 0.29) is 17.8 Å². The fraction of sp³-hybridized carbons (Fsp3) is 0.190. The third-order valence-electron chi connectivity index (χ3n) is 4.24. The number of hydrogen-bond acceptors (Lipinski definition) is 7. The Morgan fingerprint density at radius 1 is 1.19 bits per heavy atom. The third kappa shape index (κ3) is 4.72. The first-order valence-electron chi connectivity index (χ1n) is 9.44. The highest BCUT2D eigenvalue weighted by Crippen LogP contribution is 2.40. The molecule has 1 aromatic carbocycles. The Morgan fingerprint density at radius 3 is 2.77 bits per heavy atom. The highest BCUT2D eigenvalue weighted by molar-refractivity contribution is 6.31. The van der Waals surface area contributed by atoms with Gasteiger partial charge in [-0.3, -0.25) is 10.1 Å². The number of aromatic nitrogens is 1. The number of furan rings is 1. The van der Waals surface area contributed by atoms with E-state index >= 15 is 0 Å². The molecule has 3 heterocycles. The van der Waals surface area contributed by atoms with E-state index in [9.17, 15) is 9.59 Å². The topological polar surface area (TPSA) is 115 Å². The molecule has 0 radical (unpaired) electrons. The van der Waals surface area contributed by atoms with Gasteiger partial charge < -0.3 is 24.5 Å². The smallest absolute Gasteiger partial charge is 0.411 e. The third-order valence-corrected chi connectivity index (χ3v) is 4.58. The first kappa shape index (κ1) is 20.5. The average molecular weight is 443 g/mol. The van der Waals surface area contributed by atoms with Crippen LogP contribution in [0.3, 0.4) is 0 Å². The van der Waals surface area contributed by atoms with Gasteiger partial charge in [0, 0.05) is 22.3 Å². The van der Waals surface area contributed by atoms with Gasteiger partial charge in [-0.05, 0) is 44.2 Å². The van der Waals surface area contributed by atoms with Crippen LogP contribution < -0.4 is 20.7 Å². The van der Waals surface area contributed by atoms with E-state index in [0.717, 1.165) is 0 Å². The Hall–Kier alpha value is -3.72. The van der Waals surface area contributed by atoms with Crippen molar-refractivity contribution in [2.24, 2.45) is 0 Å². The van der Waals surface area contributed by atoms with Crippen LogP contribution in [-0.2, 0) is 4.74 Å². The van der Waals surface area contributed by atoms with Crippen LogP contribution in [0.5, 0.6) is 5.75 Å². The largest absolute Gasteiger partial charge is 0.462 e. The lowest BCUT2D eigenvalue weighted by Gasteiger charge is -2.15. The standard InChI is InChI=1S/C21H19ClN4O5/c1-11(2)30-21(28)25-13-9-17-18(23-10-13)26-20(31-17)14-8-12(5-6-15(14)22)24-19(27)16-4-3-7-29-16/h3-11,20H,1-2H3,(H,23,26)(H,24,27)(H,25,28). The monoisotopic (exact) mass is 442 g/mol. The van der Waals surface area contributed by atoms with E-state index in [0.29, 0.717) is 33.5 Å². The summed E-state index contributed by atoms with van der Waals surface area (Å²) in [6, 6.07) is 9.87. The number of ether oxygens (including phenoxy) is 2. The van der Waals surface area contributed by atoms with Crippen LogP contribution in [0, 0.1) is 0 Å². The molecule has 0 fully saturated rings. The van der Waals surface area contributed by atoms with Gasteiger partial charge in [-0.25, -0.2) is 9.78 Å². The normalized spacial score (nSPS) is 14.4. The van der Waals surface area contributed by atoms with Crippen molar-refractivity contribution in [3.8, 4) is 5.75 Å². The molecule has 4 rings (SSSR count). The van der Waals surface area contributed by atoms with Crippen LogP contribution in [0.15, 0.2) is 53.3 Å². The molecule has 1 aliphatic rings. The van der Waals surface area contributed by atoms with Crippen molar-refractivity contribution in [1.82, 2.24) is 4.98 Å². The summed E-state index contributed by atoms with van der Waals surface area (Å²) in [5.74, 6) is 0.745. The zero-order valence-electron chi connectivity index (χ0n) is 16.6. The molecule has 3 N–H and O–H groups in total. The second kappa shape index (κ2) is 8.57. The predicted molar refractivity (Wildman–Crippen MR) is 115 cm³/mol. The molecule has 1 aliphatic heterocycles. The lowest BCUT2D eigenvalue weighted by Crippen LogP contribution is -2.18. The molecule has 10 heteroatoms. The maximum Gasteiger partial charge on any atom is 0.411 e. The van der Waals surface area contributed by atoms with E-state index in [1.165, 1.54) is 12.5 Å². The Morgan fingerprint density at radius 2 is 2.03 bits per heavy atom. The highest BCUT2D eigenvalue weighted by Gasteiger charge is 2.27. The zero-order chi connectivity index (χ0) is 22.0. The molecule has 2 aromatic heterocycles. The van der Waals surface area contributed by atoms with Gasteiger partial charge in [-0.1, -0.05) is 11.6 Å². The van der Waals surface area contributed by atoms with E-state index in [4.69, 9.17) is 25.5 Å². The van der Waals surface area contributed by atoms with Crippen molar-refractivity contribution in [2.45, 2.75) is 26.2 Å². The van der Waals surface area contributed by atoms with Crippen LogP contribution in [0.1, 0.15) is 36.2 Å². The van der Waals surface area contributed by atoms with Crippen molar-refractivity contribution in [1.29, 1.82) is 0 Å². The summed E-state index contributed by atoms with van der Waals surface area (Å²) in [5, 5.41) is 8.91. The number of carbonyl (C=O) groups excluding carboxylic acids is 2. The maximum absolute atomic E-state index is 12.2. The number of amides is 2. The van der Waals surface area contributed by atoms with E-state index in [1.54, 1.807) is 50.2 Å². The number of fused-ring (bicyclic) bond motifs is 1. The molecule has 0 aliphatic carbocycles. The van der Waals surface area contributed by atoms with E-state index in [1.807, 2.05) is 0 Å². The number of anilines is 3. The molecule has 1 unspecified atom stereocenters. The zero-order valence-corrected chi connectivity index (χ0v) is 17.4. The molecule has 31 heavy (non-hydrogen) atoms. The Labute approximate surface area is 182 Å². The van der Waals surface area contributed by atoms with Gasteiger partial charge in [0.2, 0.25) is 0 Å². The number of carbonyl (C=O) groups is 2. The number of rotatable bonds is 5. The van der Waals surface area contributed by atoms with Gasteiger partial charge in [-0.15, -0.1) is 0 Å². The molecule has 1 atom stereocenters. The summed E-state index contributed by atoms with van der Waals surface area (Å²) >= 11 is 6.36. The molecule has 0 bridgehead atoms. The SMILES string of the molecule is CC(C)OC(=O)Nc1cnc2c(c1)OC(c1cc(NC(=O)c3ccco3)ccc1Cl)N2. The number of hydrogen-bond donors (Lipinski definition) is 3. The Bertz CT molecular complexity index is 1120. The fourth-order valence-corrected chi connectivity index (χ4v) is 3.13. The molecule has 0 saturated carbocycles. The van der Waals surface area contributed by atoms with E-state index in [2.05, 4.69) is 20.9 Å². The number of nitrogens with zero attached hydrogens (tertiary/aromatic N) is 1. The minimum absolute atomic E-state index is 0.194. The minimum Gasteiger partial charge on any atom is -0.462 e. The predicted octanol–water partition coefficient (Wildman–Crippen LogP) is 5.04. The first-order chi connectivity index (χ1) is 14.9. The summed E-state index contributed by atoms with van der Waals surface area (Å²) in [7, 11) is 0. The summed E-state index contributed by atoms with van der Waals surface area (Å²) in [5.41, 5.74) is 1.55. The van der Waals surface area contributed by atoms with Crippen LogP contribution in [0.2, 0.25) is 5.02 Å². The molecule has 3 aromatic rings. The molecule has 160 valence electrons. The number of benzene rings is 1. The minimum atomic E-state index is -0.631. The van der Waals surface area contributed by atoms with Gasteiger partial charge in [0.25, 0.3) is 5.91 Å². The van der Waals surface area contributed by atoms with Gasteiger partial charge in [0.1, 0.15) is 0 Å². The van der Waals surface area contributed by atoms with Crippen LogP contribution in [-0.4, -0.2) is 23.1 Å². The summed E-state index contributed by atoms with van der Waals surface area (Å²) in [4.78, 5) is 28.3. The quantitative estimate of drug-likeness (QED) is 0.507. The summed E-state index contributed by atoms with van der Waals surface area (Å²) in [6.07, 6.45) is 1.46. The lowest BCUT2D eigenvalue weighted by atomic mass is 10.1. The van der Waals surface area contributed by atoms with Crippen molar-refractivity contribution in [3.63, 3.8) is 0 Å². The van der Waals surface area contributed by atoms with Crippen molar-refractivity contribution in [3.05, 3.63) is 65.2 Å². The average Bonchev–Trinajstić information content (AvgIpc) is 3.38. The van der Waals surface area contributed by atoms with Gasteiger partial charge in [0.15, 0.2) is 23.6 Å². The lowest BCUT2D eigenvalue weighted by molar-refractivity contribution is 0.0996. The van der Waals surface area contributed by atoms with Crippen molar-refractivity contribution >= 4 is 40.8 Å². The van der Waals surface area contributed by atoms with Gasteiger partial charge in [-0.2, -0.15) is 0 Å². The van der Waals surface area contributed by atoms with Gasteiger partial charge >= 0.3 is 6.09 Å². The Kier molecular flexibility index (Phi) is 5.68. The van der Waals surface area contributed by atoms with Crippen LogP contribution >= 0.6 is 11.6 Å². The van der Waals surface area contributed by atoms with Crippen molar-refractivity contribution in [2.75, 3.05) is 16.0 Å². The molecular formula is C21H19ClN4O5. The number of nitrogens with one attached hydrogen (secondary N) is 3. The maximum atomic E-state index is 12.2. The van der Waals surface area contributed by atoms with Crippen LogP contribution in [0.25, 0.3) is 0 Å². The first-order valence-corrected chi connectivity index (χ1v) is 9.82. The summed E-state index contributed by atoms with van der Waals surface area (Å²) in [6.45, 7) is 3.51. The number of halogens is 1. The van der Waals surface area contributed by atoms with Gasteiger partial charge in [0.05, 0.1) is 24.3 Å². The van der Waals surface area contributed by atoms with Crippen LogP contribution in [0.4, 0.5) is 22.0 Å². The molecule has 0 saturated heterocycles. The highest BCUT2D eigenvalue weighted by atomic mass is 35.5. The summed E-state index contributed by atoms with van der Waals surface area (Å²) < 4.78 is 16.1.